The van der Waals surface area contributed by atoms with Gasteiger partial charge in [-0.2, -0.15) is 0 Å². The molecule has 2 rings (SSSR count). The van der Waals surface area contributed by atoms with Gasteiger partial charge in [-0.05, 0) is 13.1 Å². The maximum atomic E-state index is 10.4. The Labute approximate surface area is 106 Å². The molecule has 6 nitrogen and oxygen atoms in total. The monoisotopic (exact) mass is 248 g/mol. The van der Waals surface area contributed by atoms with Crippen LogP contribution >= 0.6 is 0 Å². The van der Waals surface area contributed by atoms with Crippen molar-refractivity contribution in [1.82, 2.24) is 14.9 Å². The van der Waals surface area contributed by atoms with Crippen LogP contribution in [0.4, 0.5) is 5.95 Å². The molecule has 0 aromatic carbocycles. The molecule has 1 saturated heterocycles. The lowest BCUT2D eigenvalue weighted by molar-refractivity contribution is -0.131. The summed E-state index contributed by atoms with van der Waals surface area (Å²) in [7, 11) is 2.10. The zero-order chi connectivity index (χ0) is 13.0. The number of rotatable bonds is 3. The number of aromatic nitrogens is 2. The van der Waals surface area contributed by atoms with E-state index in [-0.39, 0.29) is 0 Å². The van der Waals surface area contributed by atoms with Crippen LogP contribution < -0.4 is 4.90 Å². The van der Waals surface area contributed by atoms with Gasteiger partial charge in [0.1, 0.15) is 0 Å². The number of carbonyl (C=O) groups is 1. The maximum Gasteiger partial charge on any atom is 0.328 e. The van der Waals surface area contributed by atoms with E-state index < -0.39 is 5.97 Å². The highest BCUT2D eigenvalue weighted by atomic mass is 16.4. The largest absolute Gasteiger partial charge is 0.478 e. The van der Waals surface area contributed by atoms with Crippen LogP contribution in [0, 0.1) is 0 Å². The van der Waals surface area contributed by atoms with Gasteiger partial charge < -0.3 is 14.9 Å². The summed E-state index contributed by atoms with van der Waals surface area (Å²) in [5, 5.41) is 8.52. The molecule has 0 bridgehead atoms. The quantitative estimate of drug-likeness (QED) is 0.777. The highest BCUT2D eigenvalue weighted by molar-refractivity contribution is 5.85. The summed E-state index contributed by atoms with van der Waals surface area (Å²) in [5.41, 5.74) is 0.690. The normalized spacial score (nSPS) is 17.3. The van der Waals surface area contributed by atoms with E-state index in [1.165, 1.54) is 6.08 Å². The number of hydrogen-bond donors (Lipinski definition) is 1. The Hall–Kier alpha value is -1.95. The van der Waals surface area contributed by atoms with Gasteiger partial charge in [-0.1, -0.05) is 0 Å². The minimum Gasteiger partial charge on any atom is -0.478 e. The Bertz CT molecular complexity index is 436. The van der Waals surface area contributed by atoms with Crippen molar-refractivity contribution in [3.05, 3.63) is 24.0 Å². The van der Waals surface area contributed by atoms with Crippen molar-refractivity contribution in [2.24, 2.45) is 0 Å². The lowest BCUT2D eigenvalue weighted by Crippen LogP contribution is -2.45. The van der Waals surface area contributed by atoms with Gasteiger partial charge in [0.2, 0.25) is 5.95 Å². The molecule has 0 spiro atoms. The van der Waals surface area contributed by atoms with E-state index in [2.05, 4.69) is 26.8 Å². The highest BCUT2D eigenvalue weighted by Gasteiger charge is 2.15. The first-order chi connectivity index (χ1) is 8.65. The van der Waals surface area contributed by atoms with Crippen molar-refractivity contribution in [2.45, 2.75) is 0 Å². The van der Waals surface area contributed by atoms with Gasteiger partial charge in [0.15, 0.2) is 0 Å². The molecule has 1 fully saturated rings. The first-order valence-electron chi connectivity index (χ1n) is 5.82. The van der Waals surface area contributed by atoms with Crippen molar-refractivity contribution < 1.29 is 9.90 Å². The highest BCUT2D eigenvalue weighted by Crippen LogP contribution is 2.10. The summed E-state index contributed by atoms with van der Waals surface area (Å²) >= 11 is 0. The standard InChI is InChI=1S/C12H16N4O2/c1-15-4-6-16(7-5-15)12-13-8-10(9-14-12)2-3-11(17)18/h2-3,8-9H,4-7H2,1H3,(H,17,18)/b3-2+. The smallest absolute Gasteiger partial charge is 0.328 e. The number of piperazine rings is 1. The van der Waals surface area contributed by atoms with Gasteiger partial charge in [-0.3, -0.25) is 0 Å². The molecule has 1 N–H and O–H groups in total. The number of carboxylic acid groups (broad SMARTS) is 1. The number of carboxylic acids is 1. The summed E-state index contributed by atoms with van der Waals surface area (Å²) in [6.07, 6.45) is 5.84. The van der Waals surface area contributed by atoms with Gasteiger partial charge in [0.05, 0.1) is 0 Å². The fraction of sp³-hybridized carbons (Fsp3) is 0.417. The molecule has 1 aliphatic rings. The van der Waals surface area contributed by atoms with Crippen LogP contribution in [0.5, 0.6) is 0 Å². The molecule has 0 unspecified atom stereocenters. The number of aliphatic carboxylic acids is 1. The molecule has 0 saturated carbocycles. The molecule has 0 aliphatic carbocycles. The fourth-order valence-corrected chi connectivity index (χ4v) is 1.75. The predicted octanol–water partition coefficient (Wildman–Crippen LogP) is 0.326. The second-order valence-corrected chi connectivity index (χ2v) is 4.28. The van der Waals surface area contributed by atoms with E-state index in [1.807, 2.05) is 0 Å². The first-order valence-corrected chi connectivity index (χ1v) is 5.82. The van der Waals surface area contributed by atoms with Crippen LogP contribution in [0.1, 0.15) is 5.56 Å². The SMILES string of the molecule is CN1CCN(c2ncc(/C=C/C(=O)O)cn2)CC1. The minimum atomic E-state index is -0.974. The molecule has 6 heteroatoms. The molecule has 2 heterocycles. The molecule has 1 aromatic rings. The van der Waals surface area contributed by atoms with Crippen molar-refractivity contribution in [3.8, 4) is 0 Å². The molecule has 0 amide bonds. The second-order valence-electron chi connectivity index (χ2n) is 4.28. The minimum absolute atomic E-state index is 0.690. The van der Waals surface area contributed by atoms with Crippen molar-refractivity contribution >= 4 is 18.0 Å². The molecule has 0 atom stereocenters. The van der Waals surface area contributed by atoms with E-state index in [0.29, 0.717) is 11.5 Å². The average molecular weight is 248 g/mol. The third kappa shape index (κ3) is 3.27. The summed E-state index contributed by atoms with van der Waals surface area (Å²) in [5.74, 6) is -0.270. The molecule has 0 radical (unpaired) electrons. The molecule has 18 heavy (non-hydrogen) atoms. The third-order valence-electron chi connectivity index (χ3n) is 2.86. The number of hydrogen-bond acceptors (Lipinski definition) is 5. The number of likely N-dealkylation sites (N-methyl/N-ethyl adjacent to an activating group) is 1. The van der Waals surface area contributed by atoms with Crippen LogP contribution in [0.15, 0.2) is 18.5 Å². The summed E-state index contributed by atoms with van der Waals surface area (Å²) in [6.45, 7) is 3.84. The third-order valence-corrected chi connectivity index (χ3v) is 2.86. The van der Waals surface area contributed by atoms with E-state index in [0.717, 1.165) is 32.3 Å². The van der Waals surface area contributed by atoms with E-state index >= 15 is 0 Å². The van der Waals surface area contributed by atoms with Gasteiger partial charge in [0, 0.05) is 50.2 Å². The topological polar surface area (TPSA) is 69.6 Å². The van der Waals surface area contributed by atoms with Crippen molar-refractivity contribution in [3.63, 3.8) is 0 Å². The first kappa shape index (κ1) is 12.5. The van der Waals surface area contributed by atoms with Gasteiger partial charge in [0.25, 0.3) is 0 Å². The van der Waals surface area contributed by atoms with Gasteiger partial charge in [-0.15, -0.1) is 0 Å². The molecule has 1 aromatic heterocycles. The van der Waals surface area contributed by atoms with E-state index in [9.17, 15) is 4.79 Å². The Morgan fingerprint density at radius 2 is 1.89 bits per heavy atom. The number of anilines is 1. The van der Waals surface area contributed by atoms with Crippen LogP contribution in [-0.4, -0.2) is 59.2 Å². The lowest BCUT2D eigenvalue weighted by Gasteiger charge is -2.32. The maximum absolute atomic E-state index is 10.4. The van der Waals surface area contributed by atoms with Crippen molar-refractivity contribution in [2.75, 3.05) is 38.1 Å². The lowest BCUT2D eigenvalue weighted by atomic mass is 10.3. The van der Waals surface area contributed by atoms with E-state index in [4.69, 9.17) is 5.11 Å². The fourth-order valence-electron chi connectivity index (χ4n) is 1.75. The van der Waals surface area contributed by atoms with Crippen LogP contribution in [0.2, 0.25) is 0 Å². The predicted molar refractivity (Wildman–Crippen MR) is 68.4 cm³/mol. The Balaban J connectivity index is 2.01. The average Bonchev–Trinajstić information content (AvgIpc) is 2.38. The Kier molecular flexibility index (Phi) is 3.88. The summed E-state index contributed by atoms with van der Waals surface area (Å²) in [4.78, 5) is 23.3. The zero-order valence-electron chi connectivity index (χ0n) is 10.3. The van der Waals surface area contributed by atoms with Crippen LogP contribution in [0.25, 0.3) is 6.08 Å². The molecule has 96 valence electrons. The van der Waals surface area contributed by atoms with E-state index in [1.54, 1.807) is 12.4 Å². The molecular weight excluding hydrogens is 232 g/mol. The Morgan fingerprint density at radius 3 is 2.44 bits per heavy atom. The van der Waals surface area contributed by atoms with Crippen molar-refractivity contribution in [1.29, 1.82) is 0 Å². The number of nitrogens with zero attached hydrogens (tertiary/aromatic N) is 4. The molecule has 1 aliphatic heterocycles. The summed E-state index contributed by atoms with van der Waals surface area (Å²) < 4.78 is 0. The zero-order valence-corrected chi connectivity index (χ0v) is 10.3. The van der Waals surface area contributed by atoms with Gasteiger partial charge >= 0.3 is 5.97 Å². The second kappa shape index (κ2) is 5.59. The van der Waals surface area contributed by atoms with Gasteiger partial charge in [-0.25, -0.2) is 14.8 Å². The summed E-state index contributed by atoms with van der Waals surface area (Å²) in [6, 6.07) is 0. The molecular formula is C12H16N4O2. The van der Waals surface area contributed by atoms with Crippen LogP contribution in [0.3, 0.4) is 0 Å². The Morgan fingerprint density at radius 1 is 1.28 bits per heavy atom. The van der Waals surface area contributed by atoms with Crippen LogP contribution in [-0.2, 0) is 4.79 Å².